The highest BCUT2D eigenvalue weighted by molar-refractivity contribution is 7.88. The number of piperidine rings is 1. The number of nitrogens with one attached hydrogen (secondary N) is 2. The fourth-order valence-corrected chi connectivity index (χ4v) is 4.94. The van der Waals surface area contributed by atoms with Gasteiger partial charge < -0.3 is 10.6 Å². The minimum absolute atomic E-state index is 0.00416. The van der Waals surface area contributed by atoms with Crippen LogP contribution in [0.25, 0.3) is 21.8 Å². The zero-order valence-corrected chi connectivity index (χ0v) is 19.9. The molecule has 0 amide bonds. The van der Waals surface area contributed by atoms with E-state index in [9.17, 15) is 8.42 Å². The molecule has 1 aliphatic rings. The van der Waals surface area contributed by atoms with E-state index in [0.29, 0.717) is 59.4 Å². The Hall–Kier alpha value is -3.04. The molecule has 178 valence electrons. The lowest BCUT2D eigenvalue weighted by Crippen LogP contribution is -2.42. The van der Waals surface area contributed by atoms with Gasteiger partial charge >= 0.3 is 0 Å². The number of anilines is 1. The molecule has 2 aromatic heterocycles. The lowest BCUT2D eigenvalue weighted by molar-refractivity contribution is 0.331. The van der Waals surface area contributed by atoms with Crippen molar-refractivity contribution in [2.75, 3.05) is 31.6 Å². The molecule has 0 unspecified atom stereocenters. The highest BCUT2D eigenvalue weighted by Gasteiger charge is 2.25. The minimum atomic E-state index is -3.21. The number of halogens is 1. The first-order valence-electron chi connectivity index (χ1n) is 12.0. The van der Waals surface area contributed by atoms with Crippen molar-refractivity contribution < 1.29 is 12.5 Å². The summed E-state index contributed by atoms with van der Waals surface area (Å²) in [6.07, 6.45) is 7.16. The quantitative estimate of drug-likeness (QED) is 0.477. The van der Waals surface area contributed by atoms with Crippen LogP contribution in [0.3, 0.4) is 0 Å². The molecule has 1 saturated heterocycles. The molecule has 10 nitrogen and oxygen atoms in total. The van der Waals surface area contributed by atoms with E-state index in [1.54, 1.807) is 35.3 Å². The van der Waals surface area contributed by atoms with Crippen LogP contribution in [-0.4, -0.2) is 64.8 Å². The molecule has 3 heterocycles. The van der Waals surface area contributed by atoms with E-state index < -0.39 is 17.0 Å². The van der Waals surface area contributed by atoms with E-state index in [0.717, 1.165) is 0 Å². The molecular formula is C22H25ClN8O2S. The molecule has 0 saturated carbocycles. The summed E-state index contributed by atoms with van der Waals surface area (Å²) in [4.78, 5) is 12.3. The Labute approximate surface area is 208 Å². The molecule has 1 fully saturated rings. The number of hydrogen-bond acceptors (Lipinski definition) is 7. The van der Waals surface area contributed by atoms with E-state index in [-0.39, 0.29) is 18.3 Å². The van der Waals surface area contributed by atoms with Crippen LogP contribution in [-0.2, 0) is 16.6 Å². The van der Waals surface area contributed by atoms with Crippen molar-refractivity contribution in [3.8, 4) is 16.9 Å². The summed E-state index contributed by atoms with van der Waals surface area (Å²) in [5, 5.41) is 10.5. The van der Waals surface area contributed by atoms with E-state index >= 15 is 0 Å². The fraction of sp³-hybridized carbons (Fsp3) is 0.364. The third-order valence-corrected chi connectivity index (χ3v) is 7.16. The summed E-state index contributed by atoms with van der Waals surface area (Å²) >= 11 is 6.45. The summed E-state index contributed by atoms with van der Waals surface area (Å²) in [5.74, 6) is 0.345. The van der Waals surface area contributed by atoms with Crippen molar-refractivity contribution in [2.24, 2.45) is 0 Å². The van der Waals surface area contributed by atoms with Crippen molar-refractivity contribution in [3.63, 3.8) is 0 Å². The second kappa shape index (κ2) is 10.1. The number of hydrogen-bond donors (Lipinski definition) is 2. The van der Waals surface area contributed by atoms with E-state index in [1.807, 2.05) is 0 Å². The van der Waals surface area contributed by atoms with E-state index in [1.165, 1.54) is 16.8 Å². The van der Waals surface area contributed by atoms with Crippen LogP contribution in [0.2, 0.25) is 5.02 Å². The molecule has 0 aliphatic carbocycles. The Morgan fingerprint density at radius 3 is 2.79 bits per heavy atom. The van der Waals surface area contributed by atoms with Gasteiger partial charge in [0.15, 0.2) is 0 Å². The van der Waals surface area contributed by atoms with Crippen LogP contribution in [0.1, 0.15) is 22.5 Å². The largest absolute Gasteiger partial charge is 0.351 e. The van der Waals surface area contributed by atoms with Gasteiger partial charge in [-0.25, -0.2) is 32.2 Å². The SMILES string of the molecule is [2H]C([2H])([2H])NCc1ccc(-n2cc(-c3nc(NC4CCN(S(C)(=O)=O)CC4)ncc3[N+]#[C-])cn2)c(Cl)c1. The zero-order valence-electron chi connectivity index (χ0n) is 21.4. The third kappa shape index (κ3) is 5.37. The molecule has 0 spiro atoms. The lowest BCUT2D eigenvalue weighted by Gasteiger charge is -2.30. The van der Waals surface area contributed by atoms with E-state index in [2.05, 4.69) is 30.5 Å². The molecule has 0 bridgehead atoms. The highest BCUT2D eigenvalue weighted by atomic mass is 35.5. The van der Waals surface area contributed by atoms with Crippen LogP contribution < -0.4 is 10.6 Å². The molecule has 0 atom stereocenters. The number of aromatic nitrogens is 4. The topological polar surface area (TPSA) is 109 Å². The molecular weight excluding hydrogens is 476 g/mol. The number of rotatable bonds is 7. The first-order chi connectivity index (χ1) is 17.4. The van der Waals surface area contributed by atoms with Gasteiger partial charge in [0.1, 0.15) is 0 Å². The van der Waals surface area contributed by atoms with Gasteiger partial charge in [-0.1, -0.05) is 17.7 Å². The fourth-order valence-electron chi connectivity index (χ4n) is 3.78. The van der Waals surface area contributed by atoms with Crippen molar-refractivity contribution in [1.29, 1.82) is 0 Å². The van der Waals surface area contributed by atoms with Gasteiger partial charge in [0.05, 0.1) is 35.4 Å². The molecule has 3 aromatic rings. The number of sulfonamides is 1. The van der Waals surface area contributed by atoms with Crippen molar-refractivity contribution in [3.05, 3.63) is 58.8 Å². The molecule has 34 heavy (non-hydrogen) atoms. The Kier molecular flexibility index (Phi) is 6.02. The smallest absolute Gasteiger partial charge is 0.231 e. The highest BCUT2D eigenvalue weighted by Crippen LogP contribution is 2.30. The maximum Gasteiger partial charge on any atom is 0.231 e. The van der Waals surface area contributed by atoms with Gasteiger partial charge in [-0.2, -0.15) is 5.10 Å². The molecule has 1 aliphatic heterocycles. The predicted molar refractivity (Wildman–Crippen MR) is 132 cm³/mol. The number of nitrogens with zero attached hydrogens (tertiary/aromatic N) is 6. The predicted octanol–water partition coefficient (Wildman–Crippen LogP) is 3.09. The van der Waals surface area contributed by atoms with Gasteiger partial charge in [-0.05, 0) is 37.5 Å². The first kappa shape index (κ1) is 20.3. The summed E-state index contributed by atoms with van der Waals surface area (Å²) < 4.78 is 48.3. The Morgan fingerprint density at radius 2 is 2.12 bits per heavy atom. The summed E-state index contributed by atoms with van der Waals surface area (Å²) in [6.45, 7) is 6.24. The Bertz CT molecular complexity index is 1430. The third-order valence-electron chi connectivity index (χ3n) is 5.55. The molecule has 12 heteroatoms. The van der Waals surface area contributed by atoms with Crippen LogP contribution in [0, 0.1) is 6.57 Å². The van der Waals surface area contributed by atoms with Crippen LogP contribution >= 0.6 is 11.6 Å². The normalized spacial score (nSPS) is 16.9. The molecule has 2 N–H and O–H groups in total. The average molecular weight is 504 g/mol. The van der Waals surface area contributed by atoms with Crippen LogP contribution in [0.4, 0.5) is 11.6 Å². The lowest BCUT2D eigenvalue weighted by atomic mass is 10.1. The summed E-state index contributed by atoms with van der Waals surface area (Å²) in [7, 11) is -3.21. The maximum absolute atomic E-state index is 11.7. The summed E-state index contributed by atoms with van der Waals surface area (Å²) in [5.41, 5.74) is 2.55. The first-order valence-corrected chi connectivity index (χ1v) is 12.7. The van der Waals surface area contributed by atoms with Crippen molar-refractivity contribution >= 4 is 33.3 Å². The van der Waals surface area contributed by atoms with Gasteiger partial charge in [0.25, 0.3) is 0 Å². The Balaban J connectivity index is 1.51. The van der Waals surface area contributed by atoms with Gasteiger partial charge in [-0.3, -0.25) is 0 Å². The van der Waals surface area contributed by atoms with Crippen molar-refractivity contribution in [2.45, 2.75) is 25.4 Å². The van der Waals surface area contributed by atoms with Gasteiger partial charge in [0, 0.05) is 47.7 Å². The van der Waals surface area contributed by atoms with Gasteiger partial charge in [0.2, 0.25) is 21.7 Å². The van der Waals surface area contributed by atoms with Gasteiger partial charge in [-0.15, -0.1) is 0 Å². The van der Waals surface area contributed by atoms with Crippen LogP contribution in [0.15, 0.2) is 36.8 Å². The monoisotopic (exact) mass is 503 g/mol. The summed E-state index contributed by atoms with van der Waals surface area (Å²) in [6, 6.07) is 5.17. The second-order valence-electron chi connectivity index (χ2n) is 7.93. The molecule has 4 rings (SSSR count). The maximum atomic E-state index is 11.7. The van der Waals surface area contributed by atoms with E-state index in [4.69, 9.17) is 22.3 Å². The zero-order chi connectivity index (χ0) is 26.8. The van der Waals surface area contributed by atoms with Crippen molar-refractivity contribution in [1.82, 2.24) is 29.4 Å². The Morgan fingerprint density at radius 1 is 1.32 bits per heavy atom. The minimum Gasteiger partial charge on any atom is -0.351 e. The molecule has 1 aromatic carbocycles. The molecule has 0 radical (unpaired) electrons. The standard InChI is InChI=1S/C22H25ClN8O2S/c1-24-11-15-4-5-20(18(23)10-15)31-14-16(12-27-31)21-19(25-2)13-26-22(29-21)28-17-6-8-30(9-7-17)34(3,32)33/h4-5,10,12-14,17,24H,6-9,11H2,1,3H3,(H,26,28,29)/i1D3. The number of benzene rings is 1. The second-order valence-corrected chi connectivity index (χ2v) is 10.3. The van der Waals surface area contributed by atoms with Crippen LogP contribution in [0.5, 0.6) is 0 Å². The average Bonchev–Trinajstić information content (AvgIpc) is 3.32.